The minimum absolute atomic E-state index is 0.144. The van der Waals surface area contributed by atoms with Crippen molar-refractivity contribution in [1.82, 2.24) is 4.90 Å². The number of hydrogen-bond acceptors (Lipinski definition) is 6. The van der Waals surface area contributed by atoms with Crippen molar-refractivity contribution in [1.29, 1.82) is 0 Å². The molecule has 1 aromatic carbocycles. The van der Waals surface area contributed by atoms with Gasteiger partial charge in [0, 0.05) is 32.4 Å². The molecule has 0 aliphatic carbocycles. The van der Waals surface area contributed by atoms with Crippen molar-refractivity contribution in [3.8, 4) is 0 Å². The second-order valence-corrected chi connectivity index (χ2v) is 7.16. The Morgan fingerprint density at radius 1 is 1.11 bits per heavy atom. The first kappa shape index (κ1) is 19.7. The highest BCUT2D eigenvalue weighted by molar-refractivity contribution is 6.17. The van der Waals surface area contributed by atoms with E-state index < -0.39 is 59.1 Å². The van der Waals surface area contributed by atoms with Crippen LogP contribution in [0.15, 0.2) is 18.2 Å². The molecular weight excluding hydrogens is 380 g/mol. The van der Waals surface area contributed by atoms with Crippen LogP contribution in [0.1, 0.15) is 31.7 Å². The lowest BCUT2D eigenvalue weighted by Gasteiger charge is -2.33. The standard InChI is InChI=1S/C18H17F2NO7/c1-18(2)27-15(23)13(16(24)28-18)14(22)12-5-9(7-21(12)17(25)26)8-3-10(19)6-11(20)4-8/h3-4,6,9,12-13H,5,7H2,1-2H3,(H,25,26)/t9-,12?/m1/s1. The van der Waals surface area contributed by atoms with E-state index in [0.29, 0.717) is 6.07 Å². The Kier molecular flexibility index (Phi) is 4.82. The summed E-state index contributed by atoms with van der Waals surface area (Å²) in [6.07, 6.45) is -1.61. The second kappa shape index (κ2) is 6.84. The highest BCUT2D eigenvalue weighted by Crippen LogP contribution is 2.35. The van der Waals surface area contributed by atoms with Crippen LogP contribution in [0.2, 0.25) is 0 Å². The number of carboxylic acid groups (broad SMARTS) is 1. The minimum Gasteiger partial charge on any atom is -0.465 e. The highest BCUT2D eigenvalue weighted by Gasteiger charge is 2.52. The van der Waals surface area contributed by atoms with E-state index in [1.54, 1.807) is 0 Å². The third kappa shape index (κ3) is 3.67. The van der Waals surface area contributed by atoms with Gasteiger partial charge in [0.2, 0.25) is 5.92 Å². The van der Waals surface area contributed by atoms with Gasteiger partial charge in [0.15, 0.2) is 5.78 Å². The fraction of sp³-hybridized carbons (Fsp3) is 0.444. The number of esters is 2. The average Bonchev–Trinajstić information content (AvgIpc) is 2.97. The summed E-state index contributed by atoms with van der Waals surface area (Å²) in [6, 6.07) is 1.41. The predicted octanol–water partition coefficient (Wildman–Crippen LogP) is 1.82. The summed E-state index contributed by atoms with van der Waals surface area (Å²) >= 11 is 0. The third-order valence-electron chi connectivity index (χ3n) is 4.68. The first-order chi connectivity index (χ1) is 13.0. The summed E-state index contributed by atoms with van der Waals surface area (Å²) < 4.78 is 36.8. The average molecular weight is 397 g/mol. The summed E-state index contributed by atoms with van der Waals surface area (Å²) in [5.41, 5.74) is 0.175. The van der Waals surface area contributed by atoms with Crippen molar-refractivity contribution in [3.63, 3.8) is 0 Å². The predicted molar refractivity (Wildman–Crippen MR) is 87.0 cm³/mol. The topological polar surface area (TPSA) is 110 Å². The van der Waals surface area contributed by atoms with E-state index in [-0.39, 0.29) is 18.5 Å². The number of rotatable bonds is 3. The normalized spacial score (nSPS) is 24.6. The number of hydrogen-bond donors (Lipinski definition) is 1. The lowest BCUT2D eigenvalue weighted by molar-refractivity contribution is -0.238. The molecule has 28 heavy (non-hydrogen) atoms. The van der Waals surface area contributed by atoms with Gasteiger partial charge in [-0.1, -0.05) is 0 Å². The van der Waals surface area contributed by atoms with Crippen LogP contribution in [-0.4, -0.2) is 52.2 Å². The zero-order valence-electron chi connectivity index (χ0n) is 15.0. The number of nitrogens with zero attached hydrogens (tertiary/aromatic N) is 1. The Bertz CT molecular complexity index is 829. The van der Waals surface area contributed by atoms with Gasteiger partial charge in [0.25, 0.3) is 5.79 Å². The number of likely N-dealkylation sites (tertiary alicyclic amines) is 1. The molecule has 1 N–H and O–H groups in total. The smallest absolute Gasteiger partial charge is 0.407 e. The third-order valence-corrected chi connectivity index (χ3v) is 4.68. The molecule has 0 saturated carbocycles. The lowest BCUT2D eigenvalue weighted by atomic mass is 9.90. The molecule has 0 aromatic heterocycles. The number of ketones is 1. The van der Waals surface area contributed by atoms with E-state index in [0.717, 1.165) is 17.0 Å². The van der Waals surface area contributed by atoms with Crippen LogP contribution in [0.3, 0.4) is 0 Å². The molecule has 3 rings (SSSR count). The van der Waals surface area contributed by atoms with E-state index in [9.17, 15) is 33.1 Å². The first-order valence-electron chi connectivity index (χ1n) is 8.43. The maximum atomic E-state index is 13.5. The number of amides is 1. The number of carbonyl (C=O) groups excluding carboxylic acids is 3. The SMILES string of the molecule is CC1(C)OC(=O)C(C(=O)C2C[C@@H](c3cc(F)cc(F)c3)CN2C(=O)O)C(=O)O1. The van der Waals surface area contributed by atoms with Crippen LogP contribution in [0.4, 0.5) is 13.6 Å². The summed E-state index contributed by atoms with van der Waals surface area (Å²) in [6.45, 7) is 2.41. The molecule has 2 aliphatic rings. The van der Waals surface area contributed by atoms with E-state index in [1.165, 1.54) is 13.8 Å². The van der Waals surface area contributed by atoms with Crippen molar-refractivity contribution >= 4 is 23.8 Å². The number of ether oxygens (including phenoxy) is 2. The number of benzene rings is 1. The number of Topliss-reactive ketones (excluding diaryl/α,β-unsaturated/α-hetero) is 1. The van der Waals surface area contributed by atoms with Crippen LogP contribution < -0.4 is 0 Å². The molecule has 2 aliphatic heterocycles. The van der Waals surface area contributed by atoms with Crippen molar-refractivity contribution < 1.29 is 42.5 Å². The minimum atomic E-state index is -1.91. The van der Waals surface area contributed by atoms with Gasteiger partial charge in [-0.15, -0.1) is 0 Å². The van der Waals surface area contributed by atoms with Crippen molar-refractivity contribution in [2.24, 2.45) is 5.92 Å². The molecule has 2 fully saturated rings. The van der Waals surface area contributed by atoms with Gasteiger partial charge in [-0.2, -0.15) is 0 Å². The van der Waals surface area contributed by atoms with Gasteiger partial charge in [-0.25, -0.2) is 13.6 Å². The van der Waals surface area contributed by atoms with E-state index in [2.05, 4.69) is 0 Å². The summed E-state index contributed by atoms with van der Waals surface area (Å²) in [5.74, 6) is -9.07. The number of carbonyl (C=O) groups is 4. The van der Waals surface area contributed by atoms with E-state index in [4.69, 9.17) is 9.47 Å². The molecule has 1 aromatic rings. The molecule has 0 radical (unpaired) electrons. The zero-order chi connectivity index (χ0) is 20.8. The van der Waals surface area contributed by atoms with Crippen LogP contribution in [0.5, 0.6) is 0 Å². The maximum Gasteiger partial charge on any atom is 0.407 e. The Labute approximate surface area is 158 Å². The van der Waals surface area contributed by atoms with Crippen molar-refractivity contribution in [2.75, 3.05) is 6.54 Å². The summed E-state index contributed by atoms with van der Waals surface area (Å²) in [5, 5.41) is 9.41. The van der Waals surface area contributed by atoms with Crippen LogP contribution in [0, 0.1) is 17.6 Å². The molecule has 150 valence electrons. The summed E-state index contributed by atoms with van der Waals surface area (Å²) in [4.78, 5) is 49.4. The van der Waals surface area contributed by atoms with Crippen LogP contribution >= 0.6 is 0 Å². The van der Waals surface area contributed by atoms with Gasteiger partial charge in [-0.05, 0) is 24.1 Å². The quantitative estimate of drug-likeness (QED) is 0.612. The molecule has 0 bridgehead atoms. The lowest BCUT2D eigenvalue weighted by Crippen LogP contribution is -2.53. The van der Waals surface area contributed by atoms with Gasteiger partial charge in [0.1, 0.15) is 11.6 Å². The molecule has 1 unspecified atom stereocenters. The number of cyclic esters (lactones) is 2. The van der Waals surface area contributed by atoms with Gasteiger partial charge >= 0.3 is 18.0 Å². The zero-order valence-corrected chi connectivity index (χ0v) is 15.0. The summed E-state index contributed by atoms with van der Waals surface area (Å²) in [7, 11) is 0. The van der Waals surface area contributed by atoms with E-state index in [1.807, 2.05) is 0 Å². The van der Waals surface area contributed by atoms with Gasteiger partial charge in [-0.3, -0.25) is 19.3 Å². The fourth-order valence-corrected chi connectivity index (χ4v) is 3.51. The molecule has 8 nitrogen and oxygen atoms in total. The van der Waals surface area contributed by atoms with Gasteiger partial charge in [0.05, 0.1) is 6.04 Å². The largest absolute Gasteiger partial charge is 0.465 e. The van der Waals surface area contributed by atoms with Gasteiger partial charge < -0.3 is 14.6 Å². The van der Waals surface area contributed by atoms with Crippen molar-refractivity contribution in [2.45, 2.75) is 38.0 Å². The Hall–Kier alpha value is -3.04. The molecule has 0 spiro atoms. The van der Waals surface area contributed by atoms with Crippen LogP contribution in [-0.2, 0) is 23.9 Å². The Morgan fingerprint density at radius 3 is 2.14 bits per heavy atom. The molecular formula is C18H17F2NO7. The highest BCUT2D eigenvalue weighted by atomic mass is 19.1. The molecule has 2 atom stereocenters. The monoisotopic (exact) mass is 397 g/mol. The van der Waals surface area contributed by atoms with Crippen molar-refractivity contribution in [3.05, 3.63) is 35.4 Å². The number of halogens is 2. The Morgan fingerprint density at radius 2 is 1.64 bits per heavy atom. The molecule has 10 heteroatoms. The second-order valence-electron chi connectivity index (χ2n) is 7.16. The van der Waals surface area contributed by atoms with E-state index >= 15 is 0 Å². The van der Waals surface area contributed by atoms with Crippen LogP contribution in [0.25, 0.3) is 0 Å². The fourth-order valence-electron chi connectivity index (χ4n) is 3.51. The first-order valence-corrected chi connectivity index (χ1v) is 8.43. The molecule has 1 amide bonds. The molecule has 2 saturated heterocycles. The maximum absolute atomic E-state index is 13.5. The molecule has 2 heterocycles. The Balaban J connectivity index is 1.87.